The molecule has 0 unspecified atom stereocenters. The molecule has 0 saturated heterocycles. The summed E-state index contributed by atoms with van der Waals surface area (Å²) in [6, 6.07) is 0.575. The summed E-state index contributed by atoms with van der Waals surface area (Å²) in [5.74, 6) is 0. The molecule has 0 bridgehead atoms. The van der Waals surface area contributed by atoms with Gasteiger partial charge in [0, 0.05) is 44.3 Å². The molecule has 1 aromatic heterocycles. The number of hydrogen-bond acceptors (Lipinski definition) is 6. The Morgan fingerprint density at radius 2 is 2.05 bits per heavy atom. The summed E-state index contributed by atoms with van der Waals surface area (Å²) in [6.45, 7) is 10.00. The van der Waals surface area contributed by atoms with Crippen LogP contribution in [-0.2, 0) is 11.3 Å². The number of anilines is 1. The first-order valence-corrected chi connectivity index (χ1v) is 7.82. The summed E-state index contributed by atoms with van der Waals surface area (Å²) >= 11 is 1.44. The highest BCUT2D eigenvalue weighted by Crippen LogP contribution is 2.21. The van der Waals surface area contributed by atoms with Crippen LogP contribution in [0.3, 0.4) is 0 Å². The molecule has 5 nitrogen and oxygen atoms in total. The van der Waals surface area contributed by atoms with Gasteiger partial charge in [0.05, 0.1) is 6.61 Å². The van der Waals surface area contributed by atoms with Crippen LogP contribution >= 0.6 is 11.5 Å². The highest BCUT2D eigenvalue weighted by atomic mass is 32.1. The van der Waals surface area contributed by atoms with Gasteiger partial charge in [-0.2, -0.15) is 0 Å². The van der Waals surface area contributed by atoms with E-state index in [4.69, 9.17) is 4.74 Å². The molecule has 0 aliphatic rings. The van der Waals surface area contributed by atoms with E-state index < -0.39 is 0 Å². The van der Waals surface area contributed by atoms with Crippen LogP contribution in [0.2, 0.25) is 0 Å². The maximum atomic E-state index is 5.22. The topological polar surface area (TPSA) is 50.3 Å². The second kappa shape index (κ2) is 9.23. The molecular formula is C13H26N4OS. The van der Waals surface area contributed by atoms with Gasteiger partial charge >= 0.3 is 0 Å². The fourth-order valence-corrected chi connectivity index (χ4v) is 2.84. The summed E-state index contributed by atoms with van der Waals surface area (Å²) in [4.78, 5) is 2.45. The number of nitrogens with zero attached hydrogens (tertiary/aromatic N) is 3. The Morgan fingerprint density at radius 3 is 2.63 bits per heavy atom. The molecule has 0 fully saturated rings. The molecule has 1 rings (SSSR count). The van der Waals surface area contributed by atoms with E-state index in [2.05, 4.69) is 40.6 Å². The maximum Gasteiger partial charge on any atom is 0.134 e. The number of hydrogen-bond donors (Lipinski definition) is 1. The quantitative estimate of drug-likeness (QED) is 0.716. The monoisotopic (exact) mass is 286 g/mol. The van der Waals surface area contributed by atoms with E-state index in [0.29, 0.717) is 6.04 Å². The van der Waals surface area contributed by atoms with Gasteiger partial charge in [-0.1, -0.05) is 18.3 Å². The first-order chi connectivity index (χ1) is 9.26. The van der Waals surface area contributed by atoms with Gasteiger partial charge in [0.2, 0.25) is 0 Å². The van der Waals surface area contributed by atoms with Gasteiger partial charge in [0.1, 0.15) is 10.7 Å². The van der Waals surface area contributed by atoms with Crippen molar-refractivity contribution in [2.75, 3.05) is 32.1 Å². The first kappa shape index (κ1) is 16.3. The van der Waals surface area contributed by atoms with Crippen LogP contribution in [0.4, 0.5) is 5.00 Å². The van der Waals surface area contributed by atoms with Crippen molar-refractivity contribution in [3.8, 4) is 0 Å². The zero-order valence-corrected chi connectivity index (χ0v) is 13.3. The third kappa shape index (κ3) is 5.04. The van der Waals surface area contributed by atoms with Crippen molar-refractivity contribution >= 4 is 16.5 Å². The highest BCUT2D eigenvalue weighted by Gasteiger charge is 2.18. The van der Waals surface area contributed by atoms with Gasteiger partial charge in [-0.05, 0) is 19.8 Å². The normalized spacial score (nSPS) is 11.5. The highest BCUT2D eigenvalue weighted by molar-refractivity contribution is 7.10. The molecular weight excluding hydrogens is 260 g/mol. The number of nitrogens with one attached hydrogen (secondary N) is 1. The van der Waals surface area contributed by atoms with Crippen molar-refractivity contribution in [2.45, 2.75) is 46.2 Å². The van der Waals surface area contributed by atoms with E-state index in [1.807, 2.05) is 0 Å². The Morgan fingerprint density at radius 1 is 1.32 bits per heavy atom. The van der Waals surface area contributed by atoms with E-state index in [-0.39, 0.29) is 0 Å². The van der Waals surface area contributed by atoms with E-state index in [0.717, 1.165) is 49.8 Å². The Balaban J connectivity index is 2.71. The summed E-state index contributed by atoms with van der Waals surface area (Å²) in [6.07, 6.45) is 2.29. The van der Waals surface area contributed by atoms with Crippen molar-refractivity contribution in [1.29, 1.82) is 0 Å². The molecule has 0 aliphatic heterocycles. The average Bonchev–Trinajstić information content (AvgIpc) is 2.85. The molecule has 1 N–H and O–H groups in total. The van der Waals surface area contributed by atoms with Crippen LogP contribution in [0.15, 0.2) is 0 Å². The van der Waals surface area contributed by atoms with Crippen molar-refractivity contribution < 1.29 is 4.74 Å². The van der Waals surface area contributed by atoms with Crippen LogP contribution in [0.5, 0.6) is 0 Å². The smallest absolute Gasteiger partial charge is 0.134 e. The molecule has 19 heavy (non-hydrogen) atoms. The van der Waals surface area contributed by atoms with Gasteiger partial charge in [0.15, 0.2) is 0 Å². The molecule has 0 saturated carbocycles. The van der Waals surface area contributed by atoms with E-state index >= 15 is 0 Å². The molecule has 0 radical (unpaired) electrons. The molecule has 0 aromatic carbocycles. The average molecular weight is 286 g/mol. The van der Waals surface area contributed by atoms with E-state index in [1.165, 1.54) is 11.5 Å². The molecule has 0 amide bonds. The minimum absolute atomic E-state index is 0.575. The summed E-state index contributed by atoms with van der Waals surface area (Å²) in [5, 5.41) is 8.68. The van der Waals surface area contributed by atoms with Gasteiger partial charge in [0.25, 0.3) is 0 Å². The van der Waals surface area contributed by atoms with Gasteiger partial charge < -0.3 is 10.1 Å². The third-order valence-corrected chi connectivity index (χ3v) is 4.01. The standard InChI is InChI=1S/C13H26N4OS/c1-5-11(6-2)17(8-9-18-4)10-12-13(14-7-3)19-16-15-12/h11,14H,5-10H2,1-4H3. The van der Waals surface area contributed by atoms with Crippen molar-refractivity contribution in [3.63, 3.8) is 0 Å². The zero-order valence-electron chi connectivity index (χ0n) is 12.5. The molecule has 1 aromatic rings. The molecule has 6 heteroatoms. The Labute approximate surface area is 120 Å². The summed E-state index contributed by atoms with van der Waals surface area (Å²) < 4.78 is 9.27. The second-order valence-corrected chi connectivity index (χ2v) is 5.27. The number of aromatic nitrogens is 2. The van der Waals surface area contributed by atoms with Crippen molar-refractivity contribution in [3.05, 3.63) is 5.69 Å². The minimum Gasteiger partial charge on any atom is -0.383 e. The van der Waals surface area contributed by atoms with E-state index in [9.17, 15) is 0 Å². The lowest BCUT2D eigenvalue weighted by Crippen LogP contribution is -2.36. The number of ether oxygens (including phenoxy) is 1. The Kier molecular flexibility index (Phi) is 7.93. The van der Waals surface area contributed by atoms with Crippen LogP contribution in [-0.4, -0.2) is 47.3 Å². The van der Waals surface area contributed by atoms with Crippen LogP contribution < -0.4 is 5.32 Å². The van der Waals surface area contributed by atoms with Gasteiger partial charge in [-0.25, -0.2) is 0 Å². The summed E-state index contributed by atoms with van der Waals surface area (Å²) in [5.41, 5.74) is 1.05. The minimum atomic E-state index is 0.575. The van der Waals surface area contributed by atoms with Crippen molar-refractivity contribution in [2.24, 2.45) is 0 Å². The predicted octanol–water partition coefficient (Wildman–Crippen LogP) is 2.61. The third-order valence-electron chi connectivity index (χ3n) is 3.29. The zero-order chi connectivity index (χ0) is 14.1. The molecule has 0 spiro atoms. The SMILES string of the molecule is CCNc1snnc1CN(CCOC)C(CC)CC. The molecule has 1 heterocycles. The van der Waals surface area contributed by atoms with Crippen LogP contribution in [0, 0.1) is 0 Å². The maximum absolute atomic E-state index is 5.22. The van der Waals surface area contributed by atoms with E-state index in [1.54, 1.807) is 7.11 Å². The number of methoxy groups -OCH3 is 1. The largest absolute Gasteiger partial charge is 0.383 e. The fraction of sp³-hybridized carbons (Fsp3) is 0.846. The van der Waals surface area contributed by atoms with Crippen LogP contribution in [0.1, 0.15) is 39.3 Å². The molecule has 0 aliphatic carbocycles. The number of rotatable bonds is 10. The Bertz CT molecular complexity index is 341. The first-order valence-electron chi connectivity index (χ1n) is 7.04. The molecule has 110 valence electrons. The molecule has 0 atom stereocenters. The second-order valence-electron chi connectivity index (χ2n) is 4.51. The van der Waals surface area contributed by atoms with Gasteiger partial charge in [-0.3, -0.25) is 4.90 Å². The summed E-state index contributed by atoms with van der Waals surface area (Å²) in [7, 11) is 1.75. The van der Waals surface area contributed by atoms with Gasteiger partial charge in [-0.15, -0.1) is 5.10 Å². The lowest BCUT2D eigenvalue weighted by Gasteiger charge is -2.29. The Hall–Kier alpha value is -0.720. The lowest BCUT2D eigenvalue weighted by atomic mass is 10.1. The van der Waals surface area contributed by atoms with Crippen LogP contribution in [0.25, 0.3) is 0 Å². The van der Waals surface area contributed by atoms with Crippen molar-refractivity contribution in [1.82, 2.24) is 14.5 Å². The lowest BCUT2D eigenvalue weighted by molar-refractivity contribution is 0.109. The predicted molar refractivity (Wildman–Crippen MR) is 80.7 cm³/mol. The fourth-order valence-electron chi connectivity index (χ4n) is 2.20.